The van der Waals surface area contributed by atoms with E-state index in [1.807, 2.05) is 19.9 Å². The number of amides is 1. The maximum absolute atomic E-state index is 13.2. The molecule has 0 bridgehead atoms. The number of carbonyl (C=O) groups excluding carboxylic acids is 1. The van der Waals surface area contributed by atoms with Gasteiger partial charge >= 0.3 is 0 Å². The van der Waals surface area contributed by atoms with Crippen molar-refractivity contribution in [2.45, 2.75) is 18.7 Å². The van der Waals surface area contributed by atoms with Crippen LogP contribution in [0.3, 0.4) is 0 Å². The largest absolute Gasteiger partial charge is 0.490 e. The number of aromatic nitrogens is 1. The number of carbonyl (C=O) groups is 1. The molecule has 1 fully saturated rings. The topological polar surface area (TPSA) is 91.9 Å². The molecule has 0 unspecified atom stereocenters. The molecule has 2 heterocycles. The van der Waals surface area contributed by atoms with E-state index in [0.29, 0.717) is 48.4 Å². The van der Waals surface area contributed by atoms with Crippen LogP contribution < -0.4 is 9.47 Å². The minimum Gasteiger partial charge on any atom is -0.490 e. The van der Waals surface area contributed by atoms with Gasteiger partial charge in [-0.2, -0.15) is 4.31 Å². The summed E-state index contributed by atoms with van der Waals surface area (Å²) in [5, 5.41) is 1.38. The van der Waals surface area contributed by atoms with Gasteiger partial charge in [0.05, 0.1) is 23.7 Å². The monoisotopic (exact) mass is 491 g/mol. The molecule has 0 atom stereocenters. The van der Waals surface area contributed by atoms with Crippen molar-refractivity contribution in [3.05, 3.63) is 53.2 Å². The Hall–Kier alpha value is -2.75. The highest BCUT2D eigenvalue weighted by Gasteiger charge is 2.31. The number of fused-ring (bicyclic) bond motifs is 1. The zero-order valence-electron chi connectivity index (χ0n) is 18.5. The fraction of sp³-hybridized carbons (Fsp3) is 0.348. The molecule has 1 N–H and O–H groups in total. The fourth-order valence-electron chi connectivity index (χ4n) is 3.92. The number of hydrogen-bond donors (Lipinski definition) is 1. The van der Waals surface area contributed by atoms with E-state index in [4.69, 9.17) is 21.1 Å². The van der Waals surface area contributed by atoms with Gasteiger partial charge in [0.2, 0.25) is 10.0 Å². The van der Waals surface area contributed by atoms with Crippen LogP contribution in [0.5, 0.6) is 11.5 Å². The van der Waals surface area contributed by atoms with Crippen molar-refractivity contribution in [1.29, 1.82) is 0 Å². The van der Waals surface area contributed by atoms with E-state index in [2.05, 4.69) is 4.98 Å². The van der Waals surface area contributed by atoms with E-state index < -0.39 is 10.0 Å². The summed E-state index contributed by atoms with van der Waals surface area (Å²) in [7, 11) is -3.74. The van der Waals surface area contributed by atoms with Crippen molar-refractivity contribution in [3.8, 4) is 11.5 Å². The summed E-state index contributed by atoms with van der Waals surface area (Å²) in [6.45, 7) is 5.54. The number of ether oxygens (including phenoxy) is 2. The van der Waals surface area contributed by atoms with Gasteiger partial charge in [0, 0.05) is 54.4 Å². The molecule has 176 valence electrons. The Kier molecular flexibility index (Phi) is 6.83. The SMILES string of the molecule is CCOc1ccc(S(=O)(=O)N2CCN(C(=O)c3c[nH]c4cc(Cl)ccc34)CC2)cc1OCC. The van der Waals surface area contributed by atoms with Crippen LogP contribution in [-0.2, 0) is 10.0 Å². The summed E-state index contributed by atoms with van der Waals surface area (Å²) in [4.78, 5) is 18.0. The Bertz CT molecular complexity index is 1270. The lowest BCUT2D eigenvalue weighted by Gasteiger charge is -2.34. The van der Waals surface area contributed by atoms with Crippen LogP contribution >= 0.6 is 11.6 Å². The number of sulfonamides is 1. The molecule has 1 aliphatic heterocycles. The molecule has 0 radical (unpaired) electrons. The average Bonchev–Trinajstić information content (AvgIpc) is 3.23. The van der Waals surface area contributed by atoms with Gasteiger partial charge < -0.3 is 19.4 Å². The third-order valence-corrected chi connectivity index (χ3v) is 7.68. The summed E-state index contributed by atoms with van der Waals surface area (Å²) in [5.41, 5.74) is 1.33. The molecule has 1 amide bonds. The number of aromatic amines is 1. The second kappa shape index (κ2) is 9.62. The third kappa shape index (κ3) is 4.66. The lowest BCUT2D eigenvalue weighted by Crippen LogP contribution is -2.50. The van der Waals surface area contributed by atoms with E-state index in [0.717, 1.165) is 10.9 Å². The number of H-pyrrole nitrogens is 1. The van der Waals surface area contributed by atoms with Gasteiger partial charge in [-0.25, -0.2) is 8.42 Å². The van der Waals surface area contributed by atoms with E-state index in [9.17, 15) is 13.2 Å². The summed E-state index contributed by atoms with van der Waals surface area (Å²) in [6, 6.07) is 9.96. The summed E-state index contributed by atoms with van der Waals surface area (Å²) >= 11 is 6.02. The third-order valence-electron chi connectivity index (χ3n) is 5.55. The van der Waals surface area contributed by atoms with Gasteiger partial charge in [0.15, 0.2) is 11.5 Å². The summed E-state index contributed by atoms with van der Waals surface area (Å²) in [5.74, 6) is 0.766. The van der Waals surface area contributed by atoms with E-state index >= 15 is 0 Å². The van der Waals surface area contributed by atoms with Crippen LogP contribution in [0.2, 0.25) is 5.02 Å². The lowest BCUT2D eigenvalue weighted by molar-refractivity contribution is 0.0700. The van der Waals surface area contributed by atoms with E-state index in [1.165, 1.54) is 16.4 Å². The lowest BCUT2D eigenvalue weighted by atomic mass is 10.1. The molecule has 4 rings (SSSR count). The molecular formula is C23H26ClN3O5S. The quantitative estimate of drug-likeness (QED) is 0.543. The number of benzene rings is 2. The maximum atomic E-state index is 13.2. The first-order valence-corrected chi connectivity index (χ1v) is 12.6. The number of halogens is 1. The number of nitrogens with one attached hydrogen (secondary N) is 1. The highest BCUT2D eigenvalue weighted by molar-refractivity contribution is 7.89. The fourth-order valence-corrected chi connectivity index (χ4v) is 5.53. The number of rotatable bonds is 7. The van der Waals surface area contributed by atoms with Crippen molar-refractivity contribution < 1.29 is 22.7 Å². The smallest absolute Gasteiger partial charge is 0.256 e. The van der Waals surface area contributed by atoms with E-state index in [1.54, 1.807) is 29.3 Å². The summed E-state index contributed by atoms with van der Waals surface area (Å²) < 4.78 is 39.0. The number of piperazine rings is 1. The molecular weight excluding hydrogens is 466 g/mol. The molecule has 10 heteroatoms. The minimum absolute atomic E-state index is 0.139. The van der Waals surface area contributed by atoms with Crippen molar-refractivity contribution >= 4 is 38.4 Å². The maximum Gasteiger partial charge on any atom is 0.256 e. The minimum atomic E-state index is -3.74. The molecule has 0 spiro atoms. The van der Waals surface area contributed by atoms with Crippen LogP contribution in [0, 0.1) is 0 Å². The van der Waals surface area contributed by atoms with Gasteiger partial charge in [0.25, 0.3) is 5.91 Å². The Morgan fingerprint density at radius 2 is 1.70 bits per heavy atom. The molecule has 1 aliphatic rings. The van der Waals surface area contributed by atoms with Gasteiger partial charge in [-0.15, -0.1) is 0 Å². The predicted octanol–water partition coefficient (Wildman–Crippen LogP) is 3.77. The highest BCUT2D eigenvalue weighted by Crippen LogP contribution is 2.32. The number of nitrogens with zero attached hydrogens (tertiary/aromatic N) is 2. The molecule has 2 aromatic carbocycles. The Labute approximate surface area is 198 Å². The van der Waals surface area contributed by atoms with Gasteiger partial charge in [-0.1, -0.05) is 17.7 Å². The number of hydrogen-bond acceptors (Lipinski definition) is 5. The molecule has 0 saturated carbocycles. The van der Waals surface area contributed by atoms with Crippen molar-refractivity contribution in [1.82, 2.24) is 14.2 Å². The van der Waals surface area contributed by atoms with Crippen molar-refractivity contribution in [2.24, 2.45) is 0 Å². The molecule has 1 saturated heterocycles. The second-order valence-electron chi connectivity index (χ2n) is 7.56. The molecule has 0 aliphatic carbocycles. The highest BCUT2D eigenvalue weighted by atomic mass is 35.5. The van der Waals surface area contributed by atoms with Crippen molar-refractivity contribution in [3.63, 3.8) is 0 Å². The second-order valence-corrected chi connectivity index (χ2v) is 9.94. The predicted molar refractivity (Wildman–Crippen MR) is 127 cm³/mol. The Morgan fingerprint density at radius 3 is 2.39 bits per heavy atom. The normalized spacial score (nSPS) is 15.1. The molecule has 8 nitrogen and oxygen atoms in total. The molecule has 33 heavy (non-hydrogen) atoms. The van der Waals surface area contributed by atoms with Gasteiger partial charge in [0.1, 0.15) is 0 Å². The summed E-state index contributed by atoms with van der Waals surface area (Å²) in [6.07, 6.45) is 1.67. The molecule has 3 aromatic rings. The van der Waals surface area contributed by atoms with E-state index in [-0.39, 0.29) is 23.9 Å². The van der Waals surface area contributed by atoms with Crippen LogP contribution in [0.4, 0.5) is 0 Å². The standard InChI is InChI=1S/C23H26ClN3O5S/c1-3-31-21-8-6-17(14-22(21)32-4-2)33(29,30)27-11-9-26(10-12-27)23(28)19-15-25-20-13-16(24)5-7-18(19)20/h5-8,13-15,25H,3-4,9-12H2,1-2H3. The zero-order chi connectivity index (χ0) is 23.6. The van der Waals surface area contributed by atoms with Crippen LogP contribution in [0.1, 0.15) is 24.2 Å². The first kappa shape index (κ1) is 23.4. The van der Waals surface area contributed by atoms with Crippen LogP contribution in [0.25, 0.3) is 10.9 Å². The average molecular weight is 492 g/mol. The Balaban J connectivity index is 1.48. The zero-order valence-corrected chi connectivity index (χ0v) is 20.1. The first-order chi connectivity index (χ1) is 15.8. The van der Waals surface area contributed by atoms with Crippen LogP contribution in [0.15, 0.2) is 47.5 Å². The van der Waals surface area contributed by atoms with Gasteiger partial charge in [-0.05, 0) is 38.1 Å². The van der Waals surface area contributed by atoms with Gasteiger partial charge in [-0.3, -0.25) is 4.79 Å². The first-order valence-electron chi connectivity index (χ1n) is 10.8. The van der Waals surface area contributed by atoms with Crippen LogP contribution in [-0.4, -0.2) is 67.9 Å². The Morgan fingerprint density at radius 1 is 1.00 bits per heavy atom. The molecule has 1 aromatic heterocycles. The van der Waals surface area contributed by atoms with Crippen molar-refractivity contribution in [2.75, 3.05) is 39.4 Å².